The van der Waals surface area contributed by atoms with Gasteiger partial charge in [-0.2, -0.15) is 0 Å². The van der Waals surface area contributed by atoms with Crippen LogP contribution >= 0.6 is 11.6 Å². The first-order valence-corrected chi connectivity index (χ1v) is 13.9. The maximum Gasteiger partial charge on any atom is 0.333 e. The third-order valence-corrected chi connectivity index (χ3v) is 8.80. The quantitative estimate of drug-likeness (QED) is 0.189. The predicted molar refractivity (Wildman–Crippen MR) is 158 cm³/mol. The lowest BCUT2D eigenvalue weighted by atomic mass is 9.77. The number of aliphatic hydroxyl groups is 2. The number of rotatable bonds is 4. The number of nitrogens with two attached hydrogens (primary N) is 1. The molecule has 6 rings (SSSR count). The van der Waals surface area contributed by atoms with E-state index >= 15 is 0 Å². The van der Waals surface area contributed by atoms with Crippen LogP contribution in [-0.4, -0.2) is 30.3 Å². The van der Waals surface area contributed by atoms with Crippen LogP contribution in [0.4, 0.5) is 8.78 Å². The SMILES string of the molecule is Cc1c(-c2c(Cl)cc(C(N)O)c3[nH]c4c(c23)CCC(C(C)(C)O)C4)cccc1-n1c(=O)[nH]c2c(F)cc(F)cc2c1=O. The minimum atomic E-state index is -1.31. The van der Waals surface area contributed by atoms with Crippen LogP contribution in [0.2, 0.25) is 5.02 Å². The Balaban J connectivity index is 1.63. The molecule has 5 aromatic rings. The fourth-order valence-electron chi connectivity index (χ4n) is 6.30. The highest BCUT2D eigenvalue weighted by atomic mass is 35.5. The molecule has 42 heavy (non-hydrogen) atoms. The summed E-state index contributed by atoms with van der Waals surface area (Å²) in [5, 5.41) is 21.9. The molecule has 1 aliphatic carbocycles. The summed E-state index contributed by atoms with van der Waals surface area (Å²) in [5.41, 5.74) is 7.80. The number of benzene rings is 3. The second-order valence-electron chi connectivity index (χ2n) is 11.5. The molecular formula is C31H29ClF2N4O4. The summed E-state index contributed by atoms with van der Waals surface area (Å²) >= 11 is 6.89. The smallest absolute Gasteiger partial charge is 0.333 e. The zero-order valence-electron chi connectivity index (χ0n) is 23.1. The number of hydrogen-bond acceptors (Lipinski definition) is 5. The number of aromatic nitrogens is 3. The van der Waals surface area contributed by atoms with Crippen molar-refractivity contribution in [2.24, 2.45) is 11.7 Å². The second kappa shape index (κ2) is 9.88. The Morgan fingerprint density at radius 2 is 1.88 bits per heavy atom. The molecule has 3 aromatic carbocycles. The molecule has 0 radical (unpaired) electrons. The predicted octanol–water partition coefficient (Wildman–Crippen LogP) is 4.89. The zero-order valence-corrected chi connectivity index (χ0v) is 23.9. The Bertz CT molecular complexity index is 2040. The van der Waals surface area contributed by atoms with Crippen LogP contribution in [0.15, 0.2) is 46.0 Å². The van der Waals surface area contributed by atoms with Crippen LogP contribution in [0.5, 0.6) is 0 Å². The van der Waals surface area contributed by atoms with E-state index in [0.717, 1.165) is 33.7 Å². The van der Waals surface area contributed by atoms with Crippen molar-refractivity contribution >= 4 is 33.4 Å². The summed E-state index contributed by atoms with van der Waals surface area (Å²) in [5.74, 6) is -1.98. The minimum Gasteiger partial charge on any atom is -0.390 e. The van der Waals surface area contributed by atoms with Crippen LogP contribution in [0.3, 0.4) is 0 Å². The highest BCUT2D eigenvalue weighted by Gasteiger charge is 2.34. The molecule has 2 atom stereocenters. The lowest BCUT2D eigenvalue weighted by Gasteiger charge is -2.32. The molecule has 0 spiro atoms. The van der Waals surface area contributed by atoms with Crippen LogP contribution in [0, 0.1) is 24.5 Å². The summed E-state index contributed by atoms with van der Waals surface area (Å²) in [6, 6.07) is 8.12. The molecule has 1 aliphatic rings. The van der Waals surface area contributed by atoms with Crippen LogP contribution in [-0.2, 0) is 12.8 Å². The molecule has 0 amide bonds. The van der Waals surface area contributed by atoms with Gasteiger partial charge in [-0.05, 0) is 80.8 Å². The molecule has 2 aromatic heterocycles. The Labute approximate surface area is 243 Å². The maximum absolute atomic E-state index is 14.4. The van der Waals surface area contributed by atoms with Gasteiger partial charge < -0.3 is 25.9 Å². The standard InChI is InChI=1S/C31H29ClF2N4O4/c1-13-16(5-4-6-23(13)38-29(40)19-10-15(33)11-21(34)26(19)37-30(38)41)24-20(32)12-18(28(35)39)27-25(24)17-8-7-14(31(2,3)42)9-22(17)36-27/h4-6,10-12,14,28,36,39,42H,7-9,35H2,1-3H3,(H,37,41). The van der Waals surface area contributed by atoms with E-state index in [1.807, 2.05) is 0 Å². The Morgan fingerprint density at radius 1 is 1.14 bits per heavy atom. The summed E-state index contributed by atoms with van der Waals surface area (Å²) in [4.78, 5) is 32.3. The lowest BCUT2D eigenvalue weighted by Crippen LogP contribution is -2.35. The average molecular weight is 595 g/mol. The number of aliphatic hydroxyl groups excluding tert-OH is 1. The summed E-state index contributed by atoms with van der Waals surface area (Å²) in [7, 11) is 0. The number of aryl methyl sites for hydroxylation is 1. The van der Waals surface area contributed by atoms with Crippen molar-refractivity contribution in [3.05, 3.63) is 96.3 Å². The number of halogens is 3. The highest BCUT2D eigenvalue weighted by molar-refractivity contribution is 6.35. The second-order valence-corrected chi connectivity index (χ2v) is 11.9. The topological polar surface area (TPSA) is 137 Å². The van der Waals surface area contributed by atoms with E-state index in [1.165, 1.54) is 0 Å². The van der Waals surface area contributed by atoms with Crippen molar-refractivity contribution in [2.75, 3.05) is 0 Å². The fraction of sp³-hybridized carbons (Fsp3) is 0.290. The van der Waals surface area contributed by atoms with Crippen molar-refractivity contribution < 1.29 is 19.0 Å². The number of fused-ring (bicyclic) bond motifs is 4. The van der Waals surface area contributed by atoms with Gasteiger partial charge in [0.1, 0.15) is 12.0 Å². The van der Waals surface area contributed by atoms with Crippen molar-refractivity contribution in [1.82, 2.24) is 14.5 Å². The molecule has 0 bridgehead atoms. The largest absolute Gasteiger partial charge is 0.390 e. The zero-order chi connectivity index (χ0) is 30.2. The molecule has 218 valence electrons. The average Bonchev–Trinajstić information content (AvgIpc) is 3.28. The summed E-state index contributed by atoms with van der Waals surface area (Å²) < 4.78 is 29.2. The van der Waals surface area contributed by atoms with Gasteiger partial charge in [0.25, 0.3) is 5.56 Å². The van der Waals surface area contributed by atoms with E-state index in [1.54, 1.807) is 45.0 Å². The molecule has 2 unspecified atom stereocenters. The van der Waals surface area contributed by atoms with E-state index in [4.69, 9.17) is 17.3 Å². The van der Waals surface area contributed by atoms with E-state index < -0.39 is 34.7 Å². The number of nitrogens with one attached hydrogen (secondary N) is 2. The molecule has 8 nitrogen and oxygen atoms in total. The first kappa shape index (κ1) is 28.3. The molecular weight excluding hydrogens is 566 g/mol. The Morgan fingerprint density at radius 3 is 2.57 bits per heavy atom. The van der Waals surface area contributed by atoms with Crippen molar-refractivity contribution in [2.45, 2.75) is 51.9 Å². The summed E-state index contributed by atoms with van der Waals surface area (Å²) in [6.07, 6.45) is 0.631. The number of aromatic amines is 2. The molecule has 11 heteroatoms. The van der Waals surface area contributed by atoms with Gasteiger partial charge >= 0.3 is 5.69 Å². The van der Waals surface area contributed by atoms with Gasteiger partial charge in [-0.3, -0.25) is 4.79 Å². The van der Waals surface area contributed by atoms with Gasteiger partial charge in [-0.1, -0.05) is 23.7 Å². The molecule has 0 saturated heterocycles. The van der Waals surface area contributed by atoms with Gasteiger partial charge in [-0.25, -0.2) is 18.1 Å². The van der Waals surface area contributed by atoms with Gasteiger partial charge in [0.15, 0.2) is 5.82 Å². The van der Waals surface area contributed by atoms with Gasteiger partial charge in [0.2, 0.25) is 0 Å². The van der Waals surface area contributed by atoms with E-state index in [9.17, 15) is 28.6 Å². The first-order valence-electron chi connectivity index (χ1n) is 13.5. The van der Waals surface area contributed by atoms with Crippen LogP contribution in [0.25, 0.3) is 38.6 Å². The highest BCUT2D eigenvalue weighted by Crippen LogP contribution is 2.45. The lowest BCUT2D eigenvalue weighted by molar-refractivity contribution is 0.0107. The molecule has 0 saturated carbocycles. The third kappa shape index (κ3) is 4.37. The first-order chi connectivity index (χ1) is 19.8. The maximum atomic E-state index is 14.4. The van der Waals surface area contributed by atoms with Crippen molar-refractivity contribution in [3.8, 4) is 16.8 Å². The summed E-state index contributed by atoms with van der Waals surface area (Å²) in [6.45, 7) is 5.30. The molecule has 2 heterocycles. The molecule has 0 aliphatic heterocycles. The van der Waals surface area contributed by atoms with Crippen LogP contribution in [0.1, 0.15) is 48.9 Å². The van der Waals surface area contributed by atoms with E-state index in [2.05, 4.69) is 9.97 Å². The monoisotopic (exact) mass is 594 g/mol. The van der Waals surface area contributed by atoms with E-state index in [-0.39, 0.29) is 22.5 Å². The third-order valence-electron chi connectivity index (χ3n) is 8.50. The number of nitrogens with zero attached hydrogens (tertiary/aromatic N) is 1. The van der Waals surface area contributed by atoms with Gasteiger partial charge in [-0.15, -0.1) is 0 Å². The molecule has 0 fully saturated rings. The van der Waals surface area contributed by atoms with Crippen LogP contribution < -0.4 is 17.0 Å². The number of H-pyrrole nitrogens is 2. The Kier molecular flexibility index (Phi) is 6.65. The van der Waals surface area contributed by atoms with Crippen molar-refractivity contribution in [1.29, 1.82) is 0 Å². The minimum absolute atomic E-state index is 0.00877. The van der Waals surface area contributed by atoms with Gasteiger partial charge in [0.05, 0.1) is 27.7 Å². The fourth-order valence-corrected chi connectivity index (χ4v) is 6.61. The molecule has 6 N–H and O–H groups in total. The van der Waals surface area contributed by atoms with Gasteiger partial charge in [0, 0.05) is 33.3 Å². The van der Waals surface area contributed by atoms with E-state index in [0.29, 0.717) is 51.7 Å². The normalized spacial score (nSPS) is 16.3. The van der Waals surface area contributed by atoms with Crippen molar-refractivity contribution in [3.63, 3.8) is 0 Å². The number of hydrogen-bond donors (Lipinski definition) is 5. The Hall–Kier alpha value is -3.83.